The quantitative estimate of drug-likeness (QED) is 0.762. The maximum Gasteiger partial charge on any atom is 0.227 e. The van der Waals surface area contributed by atoms with Crippen molar-refractivity contribution >= 4 is 26.7 Å². The molecule has 0 bridgehead atoms. The summed E-state index contributed by atoms with van der Waals surface area (Å²) in [6, 6.07) is 13.6. The van der Waals surface area contributed by atoms with Gasteiger partial charge in [-0.15, -0.1) is 0 Å². The van der Waals surface area contributed by atoms with Crippen molar-refractivity contribution in [3.8, 4) is 11.6 Å². The highest BCUT2D eigenvalue weighted by Gasteiger charge is 2.10. The number of nitrogens with zero attached hydrogens (tertiary/aromatic N) is 1. The molecule has 1 heterocycles. The summed E-state index contributed by atoms with van der Waals surface area (Å²) >= 11 is 3.26. The first-order valence-electron chi connectivity index (χ1n) is 6.30. The molecule has 5 heteroatoms. The van der Waals surface area contributed by atoms with Crippen LogP contribution < -0.4 is 4.74 Å². The van der Waals surface area contributed by atoms with Gasteiger partial charge < -0.3 is 9.84 Å². The highest BCUT2D eigenvalue weighted by molar-refractivity contribution is 9.10. The molecule has 3 nitrogen and oxygen atoms in total. The topological polar surface area (TPSA) is 42.4 Å². The zero-order valence-corrected chi connectivity index (χ0v) is 12.5. The van der Waals surface area contributed by atoms with Crippen molar-refractivity contribution in [2.75, 3.05) is 0 Å². The number of halogens is 2. The average molecular weight is 348 g/mol. The molecule has 3 rings (SSSR count). The summed E-state index contributed by atoms with van der Waals surface area (Å²) in [4.78, 5) is 4.29. The number of aromatic nitrogens is 1. The highest BCUT2D eigenvalue weighted by atomic mass is 79.9. The molecule has 0 radical (unpaired) electrons. The Morgan fingerprint density at radius 3 is 2.71 bits per heavy atom. The zero-order chi connectivity index (χ0) is 14.8. The largest absolute Gasteiger partial charge is 0.437 e. The fourth-order valence-corrected chi connectivity index (χ4v) is 2.47. The number of hydrogen-bond acceptors (Lipinski definition) is 3. The molecule has 3 aromatic rings. The molecule has 0 spiro atoms. The van der Waals surface area contributed by atoms with Gasteiger partial charge in [0.15, 0.2) is 0 Å². The van der Waals surface area contributed by atoms with Crippen molar-refractivity contribution in [1.29, 1.82) is 0 Å². The van der Waals surface area contributed by atoms with Gasteiger partial charge in [-0.05, 0) is 51.6 Å². The SMILES string of the molecule is OCc1cc2ccccc2c(Oc2ccc(F)cc2Br)n1. The monoisotopic (exact) mass is 347 g/mol. The summed E-state index contributed by atoms with van der Waals surface area (Å²) in [5, 5.41) is 11.0. The standard InChI is InChI=1S/C16H11BrFNO2/c17-14-8-11(18)5-6-15(14)21-16-13-4-2-1-3-10(13)7-12(9-20)19-16/h1-8,20H,9H2. The molecule has 0 aliphatic carbocycles. The number of fused-ring (bicyclic) bond motifs is 1. The Balaban J connectivity index is 2.10. The van der Waals surface area contributed by atoms with Crippen molar-refractivity contribution < 1.29 is 14.2 Å². The Labute approximate surface area is 129 Å². The number of rotatable bonds is 3. The molecule has 1 N–H and O–H groups in total. The molecule has 106 valence electrons. The van der Waals surface area contributed by atoms with Crippen molar-refractivity contribution in [3.63, 3.8) is 0 Å². The molecule has 0 saturated heterocycles. The molecule has 0 unspecified atom stereocenters. The number of pyridine rings is 1. The van der Waals surface area contributed by atoms with Gasteiger partial charge >= 0.3 is 0 Å². The van der Waals surface area contributed by atoms with E-state index in [1.807, 2.05) is 30.3 Å². The van der Waals surface area contributed by atoms with Crippen LogP contribution in [0.1, 0.15) is 5.69 Å². The minimum absolute atomic E-state index is 0.175. The van der Waals surface area contributed by atoms with E-state index in [-0.39, 0.29) is 12.4 Å². The van der Waals surface area contributed by atoms with E-state index in [9.17, 15) is 9.50 Å². The molecule has 0 atom stereocenters. The van der Waals surface area contributed by atoms with Crippen LogP contribution in [0, 0.1) is 5.82 Å². The van der Waals surface area contributed by atoms with Gasteiger partial charge in [0.1, 0.15) is 11.6 Å². The van der Waals surface area contributed by atoms with Gasteiger partial charge in [0.05, 0.1) is 16.8 Å². The lowest BCUT2D eigenvalue weighted by Gasteiger charge is -2.11. The number of hydrogen-bond donors (Lipinski definition) is 1. The number of aliphatic hydroxyl groups excluding tert-OH is 1. The summed E-state index contributed by atoms with van der Waals surface area (Å²) in [6.45, 7) is -0.175. The second kappa shape index (κ2) is 5.79. The molecule has 21 heavy (non-hydrogen) atoms. The Morgan fingerprint density at radius 2 is 1.95 bits per heavy atom. The molecule has 2 aromatic carbocycles. The highest BCUT2D eigenvalue weighted by Crippen LogP contribution is 2.33. The molecule has 0 amide bonds. The van der Waals surface area contributed by atoms with Crippen molar-refractivity contribution in [2.45, 2.75) is 6.61 Å². The molecule has 0 aliphatic heterocycles. The molecule has 1 aromatic heterocycles. The average Bonchev–Trinajstić information content (AvgIpc) is 2.49. The van der Waals surface area contributed by atoms with Crippen molar-refractivity contribution in [3.05, 3.63) is 64.5 Å². The van der Waals surface area contributed by atoms with Crippen LogP contribution in [-0.4, -0.2) is 10.1 Å². The van der Waals surface area contributed by atoms with E-state index in [1.54, 1.807) is 0 Å². The lowest BCUT2D eigenvalue weighted by atomic mass is 10.1. The minimum Gasteiger partial charge on any atom is -0.437 e. The fourth-order valence-electron chi connectivity index (χ4n) is 2.04. The van der Waals surface area contributed by atoms with Gasteiger partial charge in [-0.25, -0.2) is 9.37 Å². The van der Waals surface area contributed by atoms with Gasteiger partial charge in [-0.2, -0.15) is 0 Å². The minimum atomic E-state index is -0.351. The van der Waals surface area contributed by atoms with E-state index in [1.165, 1.54) is 18.2 Å². The first-order valence-corrected chi connectivity index (χ1v) is 7.09. The number of aliphatic hydroxyl groups is 1. The third kappa shape index (κ3) is 2.89. The van der Waals surface area contributed by atoms with Crippen LogP contribution >= 0.6 is 15.9 Å². The van der Waals surface area contributed by atoms with E-state index in [2.05, 4.69) is 20.9 Å². The lowest BCUT2D eigenvalue weighted by molar-refractivity contribution is 0.275. The first kappa shape index (κ1) is 14.0. The van der Waals surface area contributed by atoms with Crippen LogP contribution in [0.25, 0.3) is 10.8 Å². The third-order valence-corrected chi connectivity index (χ3v) is 3.64. The van der Waals surface area contributed by atoms with E-state index in [4.69, 9.17) is 4.74 Å². The molecule has 0 aliphatic rings. The van der Waals surface area contributed by atoms with E-state index < -0.39 is 0 Å². The Bertz CT molecular complexity index is 807. The van der Waals surface area contributed by atoms with Gasteiger partial charge in [0.2, 0.25) is 5.88 Å². The normalized spacial score (nSPS) is 10.8. The van der Waals surface area contributed by atoms with Gasteiger partial charge in [-0.3, -0.25) is 0 Å². The fraction of sp³-hybridized carbons (Fsp3) is 0.0625. The maximum atomic E-state index is 13.1. The maximum absolute atomic E-state index is 13.1. The predicted molar refractivity (Wildman–Crippen MR) is 81.8 cm³/mol. The Hall–Kier alpha value is -1.98. The lowest BCUT2D eigenvalue weighted by Crippen LogP contribution is -1.96. The van der Waals surface area contributed by atoms with Crippen molar-refractivity contribution in [2.24, 2.45) is 0 Å². The summed E-state index contributed by atoms with van der Waals surface area (Å²) in [7, 11) is 0. The summed E-state index contributed by atoms with van der Waals surface area (Å²) < 4.78 is 19.4. The third-order valence-electron chi connectivity index (χ3n) is 3.02. The second-order valence-electron chi connectivity index (χ2n) is 4.47. The summed E-state index contributed by atoms with van der Waals surface area (Å²) in [5.41, 5.74) is 0.516. The number of ether oxygens (including phenoxy) is 1. The molecule has 0 saturated carbocycles. The van der Waals surface area contributed by atoms with Crippen molar-refractivity contribution in [1.82, 2.24) is 4.98 Å². The van der Waals surface area contributed by atoms with Gasteiger partial charge in [0, 0.05) is 5.39 Å². The van der Waals surface area contributed by atoms with Crippen LogP contribution in [0.5, 0.6) is 11.6 Å². The van der Waals surface area contributed by atoms with E-state index in [0.717, 1.165) is 10.8 Å². The van der Waals surface area contributed by atoms with Crippen LogP contribution in [-0.2, 0) is 6.61 Å². The second-order valence-corrected chi connectivity index (χ2v) is 5.33. The first-order chi connectivity index (χ1) is 10.2. The molecular weight excluding hydrogens is 337 g/mol. The summed E-state index contributed by atoms with van der Waals surface area (Å²) in [5.74, 6) is 0.491. The van der Waals surface area contributed by atoms with Crippen LogP contribution in [0.15, 0.2) is 53.0 Å². The Kier molecular flexibility index (Phi) is 3.86. The molecule has 0 fully saturated rings. The van der Waals surface area contributed by atoms with E-state index >= 15 is 0 Å². The number of benzene rings is 2. The van der Waals surface area contributed by atoms with Crippen LogP contribution in [0.4, 0.5) is 4.39 Å². The van der Waals surface area contributed by atoms with Gasteiger partial charge in [-0.1, -0.05) is 18.2 Å². The van der Waals surface area contributed by atoms with Crippen LogP contribution in [0.2, 0.25) is 0 Å². The van der Waals surface area contributed by atoms with Gasteiger partial charge in [0.25, 0.3) is 0 Å². The molecular formula is C16H11BrFNO2. The predicted octanol–water partition coefficient (Wildman–Crippen LogP) is 4.42. The Morgan fingerprint density at radius 1 is 1.14 bits per heavy atom. The van der Waals surface area contributed by atoms with E-state index in [0.29, 0.717) is 21.8 Å². The zero-order valence-electron chi connectivity index (χ0n) is 10.9. The smallest absolute Gasteiger partial charge is 0.227 e. The van der Waals surface area contributed by atoms with Crippen LogP contribution in [0.3, 0.4) is 0 Å². The summed E-state index contributed by atoms with van der Waals surface area (Å²) in [6.07, 6.45) is 0.